The van der Waals surface area contributed by atoms with Crippen LogP contribution in [0.1, 0.15) is 16.1 Å². The summed E-state index contributed by atoms with van der Waals surface area (Å²) in [6, 6.07) is 6.66. The van der Waals surface area contributed by atoms with Gasteiger partial charge >= 0.3 is 0 Å². The third kappa shape index (κ3) is 2.34. The van der Waals surface area contributed by atoms with Crippen molar-refractivity contribution in [2.45, 2.75) is 0 Å². The van der Waals surface area contributed by atoms with Gasteiger partial charge in [-0.1, -0.05) is 11.6 Å². The van der Waals surface area contributed by atoms with Crippen molar-refractivity contribution in [2.24, 2.45) is 7.05 Å². The molecule has 2 rings (SSSR count). The highest BCUT2D eigenvalue weighted by Crippen LogP contribution is 2.23. The molecular formula is C12H9ClN4O. The summed E-state index contributed by atoms with van der Waals surface area (Å²) in [5, 5.41) is 11.8. The average Bonchev–Trinajstić information content (AvgIpc) is 2.78. The van der Waals surface area contributed by atoms with Crippen LogP contribution >= 0.6 is 11.6 Å². The molecule has 0 fully saturated rings. The summed E-state index contributed by atoms with van der Waals surface area (Å²) in [6.07, 6.45) is 2.99. The van der Waals surface area contributed by atoms with E-state index in [0.29, 0.717) is 22.0 Å². The van der Waals surface area contributed by atoms with Gasteiger partial charge in [-0.2, -0.15) is 5.26 Å². The molecule has 6 heteroatoms. The van der Waals surface area contributed by atoms with Crippen LogP contribution in [0, 0.1) is 11.3 Å². The van der Waals surface area contributed by atoms with E-state index in [0.717, 1.165) is 0 Å². The Hall–Kier alpha value is -2.32. The van der Waals surface area contributed by atoms with Gasteiger partial charge in [0.25, 0.3) is 5.91 Å². The quantitative estimate of drug-likeness (QED) is 0.900. The van der Waals surface area contributed by atoms with Crippen molar-refractivity contribution >= 4 is 23.2 Å². The topological polar surface area (TPSA) is 70.7 Å². The van der Waals surface area contributed by atoms with Crippen LogP contribution in [0.2, 0.25) is 5.02 Å². The van der Waals surface area contributed by atoms with Crippen molar-refractivity contribution in [1.82, 2.24) is 9.55 Å². The van der Waals surface area contributed by atoms with Crippen LogP contribution < -0.4 is 5.32 Å². The van der Waals surface area contributed by atoms with Crippen LogP contribution in [0.5, 0.6) is 0 Å². The van der Waals surface area contributed by atoms with E-state index in [2.05, 4.69) is 10.3 Å². The van der Waals surface area contributed by atoms with E-state index in [9.17, 15) is 4.79 Å². The lowest BCUT2D eigenvalue weighted by atomic mass is 10.2. The van der Waals surface area contributed by atoms with Gasteiger partial charge in [0.1, 0.15) is 5.69 Å². The summed E-state index contributed by atoms with van der Waals surface area (Å²) in [5.41, 5.74) is 1.25. The summed E-state index contributed by atoms with van der Waals surface area (Å²) in [5.74, 6) is -0.327. The fourth-order valence-electron chi connectivity index (χ4n) is 1.45. The minimum Gasteiger partial charge on any atom is -0.330 e. The molecule has 0 radical (unpaired) electrons. The number of carbonyl (C=O) groups is 1. The Morgan fingerprint density at radius 3 is 2.94 bits per heavy atom. The molecular weight excluding hydrogens is 252 g/mol. The van der Waals surface area contributed by atoms with Gasteiger partial charge in [0.2, 0.25) is 0 Å². The highest BCUT2D eigenvalue weighted by atomic mass is 35.5. The number of nitrogens with zero attached hydrogens (tertiary/aromatic N) is 3. The molecule has 0 aliphatic carbocycles. The molecule has 1 aromatic heterocycles. The lowest BCUT2D eigenvalue weighted by Crippen LogP contribution is -2.15. The molecule has 1 aromatic carbocycles. The van der Waals surface area contributed by atoms with Crippen LogP contribution in [0.15, 0.2) is 30.7 Å². The van der Waals surface area contributed by atoms with E-state index in [-0.39, 0.29) is 5.91 Å². The van der Waals surface area contributed by atoms with Gasteiger partial charge in [0.15, 0.2) is 0 Å². The van der Waals surface area contributed by atoms with E-state index < -0.39 is 0 Å². The first-order valence-corrected chi connectivity index (χ1v) is 5.47. The number of hydrogen-bond acceptors (Lipinski definition) is 3. The zero-order valence-corrected chi connectivity index (χ0v) is 10.3. The zero-order valence-electron chi connectivity index (χ0n) is 9.51. The molecule has 0 unspecified atom stereocenters. The molecule has 0 saturated heterocycles. The minimum absolute atomic E-state index is 0.327. The molecule has 2 aromatic rings. The number of rotatable bonds is 2. The monoisotopic (exact) mass is 260 g/mol. The Morgan fingerprint density at radius 2 is 2.33 bits per heavy atom. The first-order chi connectivity index (χ1) is 8.61. The number of carbonyl (C=O) groups excluding carboxylic acids is 1. The summed E-state index contributed by atoms with van der Waals surface area (Å²) in [7, 11) is 1.72. The van der Waals surface area contributed by atoms with E-state index in [4.69, 9.17) is 16.9 Å². The van der Waals surface area contributed by atoms with Crippen LogP contribution in [0.3, 0.4) is 0 Å². The molecule has 18 heavy (non-hydrogen) atoms. The summed E-state index contributed by atoms with van der Waals surface area (Å²) in [6.45, 7) is 0. The van der Waals surface area contributed by atoms with Gasteiger partial charge in [-0.25, -0.2) is 4.98 Å². The number of hydrogen-bond donors (Lipinski definition) is 1. The van der Waals surface area contributed by atoms with Gasteiger partial charge in [-0.05, 0) is 18.2 Å². The highest BCUT2D eigenvalue weighted by molar-refractivity contribution is 6.33. The average molecular weight is 261 g/mol. The van der Waals surface area contributed by atoms with Crippen molar-refractivity contribution in [2.75, 3.05) is 5.32 Å². The standard InChI is InChI=1S/C12H9ClN4O/c1-17-7-15-6-11(17)12(18)16-10-4-8(5-14)2-3-9(10)13/h2-4,6-7H,1H3,(H,16,18). The molecule has 0 aliphatic rings. The number of imidazole rings is 1. The molecule has 90 valence electrons. The predicted molar refractivity (Wildman–Crippen MR) is 67.3 cm³/mol. The van der Waals surface area contributed by atoms with Gasteiger partial charge in [-0.3, -0.25) is 4.79 Å². The number of halogens is 1. The second kappa shape index (κ2) is 4.90. The maximum atomic E-state index is 11.9. The third-order valence-electron chi connectivity index (χ3n) is 2.39. The first-order valence-electron chi connectivity index (χ1n) is 5.09. The van der Waals surface area contributed by atoms with Gasteiger partial charge < -0.3 is 9.88 Å². The molecule has 0 bridgehead atoms. The van der Waals surface area contributed by atoms with Crippen molar-refractivity contribution in [3.05, 3.63) is 47.0 Å². The van der Waals surface area contributed by atoms with Gasteiger partial charge in [0, 0.05) is 7.05 Å². The Bertz CT molecular complexity index is 642. The Kier molecular flexibility index (Phi) is 3.31. The molecule has 0 aliphatic heterocycles. The summed E-state index contributed by atoms with van der Waals surface area (Å²) >= 11 is 5.95. The SMILES string of the molecule is Cn1cncc1C(=O)Nc1cc(C#N)ccc1Cl. The van der Waals surface area contributed by atoms with Crippen LogP contribution in [0.25, 0.3) is 0 Å². The van der Waals surface area contributed by atoms with E-state index in [1.807, 2.05) is 6.07 Å². The molecule has 1 amide bonds. The van der Waals surface area contributed by atoms with Crippen LogP contribution in [0.4, 0.5) is 5.69 Å². The third-order valence-corrected chi connectivity index (χ3v) is 2.72. The highest BCUT2D eigenvalue weighted by Gasteiger charge is 2.12. The molecule has 1 N–H and O–H groups in total. The number of anilines is 1. The number of amides is 1. The van der Waals surface area contributed by atoms with Crippen molar-refractivity contribution in [3.8, 4) is 6.07 Å². The number of aryl methyl sites for hydroxylation is 1. The van der Waals surface area contributed by atoms with E-state index in [1.54, 1.807) is 23.7 Å². The Morgan fingerprint density at radius 1 is 1.56 bits per heavy atom. The van der Waals surface area contributed by atoms with Crippen molar-refractivity contribution in [1.29, 1.82) is 5.26 Å². The largest absolute Gasteiger partial charge is 0.330 e. The lowest BCUT2D eigenvalue weighted by Gasteiger charge is -2.07. The fourth-order valence-corrected chi connectivity index (χ4v) is 1.62. The second-order valence-electron chi connectivity index (χ2n) is 3.65. The minimum atomic E-state index is -0.327. The van der Waals surface area contributed by atoms with Crippen LogP contribution in [-0.2, 0) is 7.05 Å². The number of nitriles is 1. The molecule has 0 saturated carbocycles. The second-order valence-corrected chi connectivity index (χ2v) is 4.06. The van der Waals surface area contributed by atoms with Crippen LogP contribution in [-0.4, -0.2) is 15.5 Å². The lowest BCUT2D eigenvalue weighted by molar-refractivity contribution is 0.101. The number of benzene rings is 1. The molecule has 0 atom stereocenters. The predicted octanol–water partition coefficient (Wildman–Crippen LogP) is 2.20. The number of nitrogens with one attached hydrogen (secondary N) is 1. The smallest absolute Gasteiger partial charge is 0.273 e. The van der Waals surface area contributed by atoms with Crippen molar-refractivity contribution in [3.63, 3.8) is 0 Å². The number of aromatic nitrogens is 2. The molecule has 0 spiro atoms. The van der Waals surface area contributed by atoms with Gasteiger partial charge in [-0.15, -0.1) is 0 Å². The first kappa shape index (κ1) is 12.1. The normalized spacial score (nSPS) is 9.83. The summed E-state index contributed by atoms with van der Waals surface area (Å²) < 4.78 is 1.59. The van der Waals surface area contributed by atoms with Gasteiger partial charge in [0.05, 0.1) is 34.9 Å². The Labute approximate surface area is 109 Å². The maximum Gasteiger partial charge on any atom is 0.273 e. The maximum absolute atomic E-state index is 11.9. The molecule has 5 nitrogen and oxygen atoms in total. The van der Waals surface area contributed by atoms with Crippen molar-refractivity contribution < 1.29 is 4.79 Å². The van der Waals surface area contributed by atoms with E-state index in [1.165, 1.54) is 18.6 Å². The Balaban J connectivity index is 2.27. The fraction of sp³-hybridized carbons (Fsp3) is 0.0833. The zero-order chi connectivity index (χ0) is 13.1. The summed E-state index contributed by atoms with van der Waals surface area (Å²) in [4.78, 5) is 15.8. The molecule has 1 heterocycles. The van der Waals surface area contributed by atoms with E-state index >= 15 is 0 Å².